The molecule has 0 fully saturated rings. The van der Waals surface area contributed by atoms with Crippen LogP contribution in [0.2, 0.25) is 5.02 Å². The summed E-state index contributed by atoms with van der Waals surface area (Å²) in [5, 5.41) is 0.711. The minimum absolute atomic E-state index is 0.168. The van der Waals surface area contributed by atoms with Crippen LogP contribution in [-0.2, 0) is 0 Å². The van der Waals surface area contributed by atoms with Gasteiger partial charge in [-0.1, -0.05) is 29.8 Å². The highest BCUT2D eigenvalue weighted by Gasteiger charge is 2.08. The molecule has 0 aromatic heterocycles. The predicted octanol–water partition coefficient (Wildman–Crippen LogP) is 2.83. The summed E-state index contributed by atoms with van der Waals surface area (Å²) in [5.41, 5.74) is 7.87. The van der Waals surface area contributed by atoms with Crippen molar-refractivity contribution in [2.75, 3.05) is 0 Å². The van der Waals surface area contributed by atoms with Gasteiger partial charge in [0.15, 0.2) is 0 Å². The van der Waals surface area contributed by atoms with Crippen LogP contribution in [0, 0.1) is 6.92 Å². The van der Waals surface area contributed by atoms with Crippen LogP contribution in [0.25, 0.3) is 0 Å². The summed E-state index contributed by atoms with van der Waals surface area (Å²) in [6, 6.07) is 5.58. The van der Waals surface area contributed by atoms with Crippen LogP contribution in [0.15, 0.2) is 30.9 Å². The van der Waals surface area contributed by atoms with Crippen molar-refractivity contribution in [3.63, 3.8) is 0 Å². The molecule has 0 saturated carbocycles. The first-order valence-electron chi connectivity index (χ1n) is 3.80. The Balaban J connectivity index is 3.20. The fourth-order valence-corrected chi connectivity index (χ4v) is 1.53. The lowest BCUT2D eigenvalue weighted by Gasteiger charge is -2.11. The highest BCUT2D eigenvalue weighted by atomic mass is 35.5. The average Bonchev–Trinajstić information content (AvgIpc) is 2.03. The fourth-order valence-electron chi connectivity index (χ4n) is 1.18. The number of nitrogens with two attached hydrogens (primary N) is 1. The fraction of sp³-hybridized carbons (Fsp3) is 0.200. The molecule has 1 aromatic rings. The molecule has 1 unspecified atom stereocenters. The molecular formula is C10H12ClN. The van der Waals surface area contributed by atoms with Gasteiger partial charge in [-0.25, -0.2) is 0 Å². The second-order valence-corrected chi connectivity index (χ2v) is 3.14. The van der Waals surface area contributed by atoms with E-state index in [0.717, 1.165) is 11.1 Å². The van der Waals surface area contributed by atoms with E-state index in [1.807, 2.05) is 25.1 Å². The number of hydrogen-bond acceptors (Lipinski definition) is 1. The van der Waals surface area contributed by atoms with Gasteiger partial charge in [-0.2, -0.15) is 0 Å². The predicted molar refractivity (Wildman–Crippen MR) is 53.3 cm³/mol. The molecule has 0 radical (unpaired) electrons. The summed E-state index contributed by atoms with van der Waals surface area (Å²) in [6.45, 7) is 5.63. The van der Waals surface area contributed by atoms with Gasteiger partial charge in [-0.05, 0) is 24.1 Å². The van der Waals surface area contributed by atoms with E-state index in [1.54, 1.807) is 6.08 Å². The second kappa shape index (κ2) is 3.74. The van der Waals surface area contributed by atoms with Crippen molar-refractivity contribution >= 4 is 11.6 Å². The molecule has 0 spiro atoms. The van der Waals surface area contributed by atoms with Crippen LogP contribution < -0.4 is 5.73 Å². The summed E-state index contributed by atoms with van der Waals surface area (Å²) in [4.78, 5) is 0. The molecule has 1 atom stereocenters. The van der Waals surface area contributed by atoms with Gasteiger partial charge in [-0.15, -0.1) is 6.58 Å². The maximum atomic E-state index is 5.98. The highest BCUT2D eigenvalue weighted by Crippen LogP contribution is 2.25. The van der Waals surface area contributed by atoms with Crippen molar-refractivity contribution in [2.24, 2.45) is 5.73 Å². The molecular weight excluding hydrogens is 170 g/mol. The number of halogens is 1. The van der Waals surface area contributed by atoms with Crippen LogP contribution in [0.3, 0.4) is 0 Å². The van der Waals surface area contributed by atoms with Crippen LogP contribution in [0.4, 0.5) is 0 Å². The van der Waals surface area contributed by atoms with E-state index in [0.29, 0.717) is 5.02 Å². The molecule has 0 saturated heterocycles. The first-order chi connectivity index (χ1) is 5.66. The summed E-state index contributed by atoms with van der Waals surface area (Å²) < 4.78 is 0. The van der Waals surface area contributed by atoms with Crippen LogP contribution in [-0.4, -0.2) is 0 Å². The number of aryl methyl sites for hydroxylation is 1. The van der Waals surface area contributed by atoms with Gasteiger partial charge in [0, 0.05) is 11.1 Å². The average molecular weight is 182 g/mol. The third-order valence-corrected chi connectivity index (χ3v) is 2.19. The number of benzene rings is 1. The Morgan fingerprint density at radius 2 is 2.25 bits per heavy atom. The zero-order valence-electron chi connectivity index (χ0n) is 7.05. The maximum Gasteiger partial charge on any atom is 0.0496 e. The van der Waals surface area contributed by atoms with Gasteiger partial charge < -0.3 is 5.73 Å². The molecule has 1 rings (SSSR count). The largest absolute Gasteiger partial charge is 0.321 e. The van der Waals surface area contributed by atoms with E-state index in [1.165, 1.54) is 0 Å². The van der Waals surface area contributed by atoms with Crippen LogP contribution >= 0.6 is 11.6 Å². The number of rotatable bonds is 2. The van der Waals surface area contributed by atoms with E-state index >= 15 is 0 Å². The minimum Gasteiger partial charge on any atom is -0.321 e. The summed E-state index contributed by atoms with van der Waals surface area (Å²) in [6.07, 6.45) is 1.69. The first-order valence-corrected chi connectivity index (χ1v) is 4.17. The lowest BCUT2D eigenvalue weighted by atomic mass is 10.0. The van der Waals surface area contributed by atoms with Gasteiger partial charge in [0.2, 0.25) is 0 Å². The van der Waals surface area contributed by atoms with E-state index in [9.17, 15) is 0 Å². The molecule has 2 heteroatoms. The molecule has 2 N–H and O–H groups in total. The first kappa shape index (κ1) is 9.30. The van der Waals surface area contributed by atoms with Gasteiger partial charge in [0.1, 0.15) is 0 Å². The van der Waals surface area contributed by atoms with E-state index in [2.05, 4.69) is 6.58 Å². The third kappa shape index (κ3) is 1.68. The van der Waals surface area contributed by atoms with Crippen molar-refractivity contribution < 1.29 is 0 Å². The Labute approximate surface area is 77.8 Å². The zero-order valence-corrected chi connectivity index (χ0v) is 7.81. The lowest BCUT2D eigenvalue weighted by Crippen LogP contribution is -2.08. The van der Waals surface area contributed by atoms with Gasteiger partial charge in [0.05, 0.1) is 0 Å². The third-order valence-electron chi connectivity index (χ3n) is 1.86. The van der Waals surface area contributed by atoms with Gasteiger partial charge in [-0.3, -0.25) is 0 Å². The molecule has 0 heterocycles. The Hall–Kier alpha value is -0.790. The normalized spacial score (nSPS) is 12.6. The smallest absolute Gasteiger partial charge is 0.0496 e. The molecule has 0 aliphatic heterocycles. The van der Waals surface area contributed by atoms with Gasteiger partial charge >= 0.3 is 0 Å². The van der Waals surface area contributed by atoms with Crippen molar-refractivity contribution in [3.05, 3.63) is 47.0 Å². The number of hydrogen-bond donors (Lipinski definition) is 1. The molecule has 0 bridgehead atoms. The van der Waals surface area contributed by atoms with Crippen molar-refractivity contribution in [2.45, 2.75) is 13.0 Å². The van der Waals surface area contributed by atoms with E-state index in [4.69, 9.17) is 17.3 Å². The highest BCUT2D eigenvalue weighted by molar-refractivity contribution is 6.31. The Morgan fingerprint density at radius 1 is 1.58 bits per heavy atom. The molecule has 12 heavy (non-hydrogen) atoms. The van der Waals surface area contributed by atoms with Crippen LogP contribution in [0.5, 0.6) is 0 Å². The van der Waals surface area contributed by atoms with E-state index in [-0.39, 0.29) is 6.04 Å². The SMILES string of the molecule is C=CC(N)c1c(C)cccc1Cl. The van der Waals surface area contributed by atoms with Crippen molar-refractivity contribution in [3.8, 4) is 0 Å². The Morgan fingerprint density at radius 3 is 2.75 bits per heavy atom. The zero-order chi connectivity index (χ0) is 9.14. The lowest BCUT2D eigenvalue weighted by molar-refractivity contribution is 0.903. The Kier molecular flexibility index (Phi) is 2.90. The maximum absolute atomic E-state index is 5.98. The molecule has 64 valence electrons. The van der Waals surface area contributed by atoms with Crippen molar-refractivity contribution in [1.29, 1.82) is 0 Å². The standard InChI is InChI=1S/C10H12ClN/c1-3-9(12)10-7(2)5-4-6-8(10)11/h3-6,9H,1,12H2,2H3. The second-order valence-electron chi connectivity index (χ2n) is 2.73. The quantitative estimate of drug-likeness (QED) is 0.698. The summed E-state index contributed by atoms with van der Waals surface area (Å²) in [7, 11) is 0. The van der Waals surface area contributed by atoms with Crippen LogP contribution in [0.1, 0.15) is 17.2 Å². The van der Waals surface area contributed by atoms with Gasteiger partial charge in [0.25, 0.3) is 0 Å². The molecule has 0 aliphatic carbocycles. The summed E-state index contributed by atoms with van der Waals surface area (Å²) in [5.74, 6) is 0. The summed E-state index contributed by atoms with van der Waals surface area (Å²) >= 11 is 5.98. The topological polar surface area (TPSA) is 26.0 Å². The van der Waals surface area contributed by atoms with E-state index < -0.39 is 0 Å². The Bertz CT molecular complexity index is 274. The monoisotopic (exact) mass is 181 g/mol. The minimum atomic E-state index is -0.168. The van der Waals surface area contributed by atoms with Crippen molar-refractivity contribution in [1.82, 2.24) is 0 Å². The molecule has 0 aliphatic rings. The molecule has 1 nitrogen and oxygen atoms in total. The molecule has 0 amide bonds. The molecule has 1 aromatic carbocycles.